The lowest BCUT2D eigenvalue weighted by Crippen LogP contribution is -2.44. The van der Waals surface area contributed by atoms with Gasteiger partial charge in [-0.1, -0.05) is 0 Å². The number of urea groups is 1. The smallest absolute Gasteiger partial charge is 0.314 e. The van der Waals surface area contributed by atoms with Gasteiger partial charge in [-0.2, -0.15) is 0 Å². The number of hydrogen-bond acceptors (Lipinski definition) is 4. The van der Waals surface area contributed by atoms with E-state index in [0.717, 1.165) is 18.3 Å². The van der Waals surface area contributed by atoms with E-state index < -0.39 is 5.60 Å². The lowest BCUT2D eigenvalue weighted by atomic mass is 9.96. The van der Waals surface area contributed by atoms with E-state index in [-0.39, 0.29) is 12.6 Å². The third kappa shape index (κ3) is 5.03. The van der Waals surface area contributed by atoms with Gasteiger partial charge in [0.15, 0.2) is 0 Å². The quantitative estimate of drug-likeness (QED) is 0.640. The number of carbonyl (C=O) groups excluding carboxylic acids is 1. The van der Waals surface area contributed by atoms with Crippen molar-refractivity contribution in [1.82, 2.24) is 10.6 Å². The van der Waals surface area contributed by atoms with Crippen molar-refractivity contribution >= 4 is 6.03 Å². The van der Waals surface area contributed by atoms with E-state index in [1.54, 1.807) is 19.9 Å². The minimum atomic E-state index is -1.17. The molecule has 3 N–H and O–H groups in total. The number of nitrogens with one attached hydrogen (secondary N) is 2. The summed E-state index contributed by atoms with van der Waals surface area (Å²) in [6.07, 6.45) is 2.52. The highest BCUT2D eigenvalue weighted by molar-refractivity contribution is 5.73. The third-order valence-electron chi connectivity index (χ3n) is 3.80. The summed E-state index contributed by atoms with van der Waals surface area (Å²) in [6, 6.07) is 1.48. The highest BCUT2D eigenvalue weighted by Gasteiger charge is 2.28. The van der Waals surface area contributed by atoms with Crippen LogP contribution in [0.4, 0.5) is 4.79 Å². The molecular formula is C16H26N2O4. The lowest BCUT2D eigenvalue weighted by Gasteiger charge is -2.23. The maximum absolute atomic E-state index is 11.7. The molecule has 2 amide bonds. The van der Waals surface area contributed by atoms with Gasteiger partial charge in [-0.3, -0.25) is 0 Å². The Hall–Kier alpha value is -1.53. The zero-order valence-electron chi connectivity index (χ0n) is 13.6. The fourth-order valence-electron chi connectivity index (χ4n) is 2.35. The molecule has 1 aromatic rings. The van der Waals surface area contributed by atoms with Crippen molar-refractivity contribution in [2.45, 2.75) is 39.2 Å². The van der Waals surface area contributed by atoms with Crippen molar-refractivity contribution in [1.29, 1.82) is 0 Å². The van der Waals surface area contributed by atoms with Crippen molar-refractivity contribution in [2.75, 3.05) is 26.3 Å². The van der Waals surface area contributed by atoms with E-state index >= 15 is 0 Å². The van der Waals surface area contributed by atoms with E-state index in [9.17, 15) is 9.90 Å². The van der Waals surface area contributed by atoms with E-state index in [0.29, 0.717) is 24.5 Å². The van der Waals surface area contributed by atoms with Gasteiger partial charge in [-0.05, 0) is 45.6 Å². The van der Waals surface area contributed by atoms with Crippen LogP contribution in [0.1, 0.15) is 36.8 Å². The van der Waals surface area contributed by atoms with Crippen LogP contribution in [0.15, 0.2) is 10.5 Å². The summed E-state index contributed by atoms with van der Waals surface area (Å²) in [4.78, 5) is 11.7. The fraction of sp³-hybridized carbons (Fsp3) is 0.688. The van der Waals surface area contributed by atoms with Crippen LogP contribution in [-0.4, -0.2) is 37.4 Å². The fourth-order valence-corrected chi connectivity index (χ4v) is 2.35. The zero-order valence-corrected chi connectivity index (χ0v) is 13.6. The molecule has 1 aliphatic carbocycles. The van der Waals surface area contributed by atoms with Crippen LogP contribution in [0.2, 0.25) is 0 Å². The molecule has 0 saturated heterocycles. The van der Waals surface area contributed by atoms with E-state index in [1.165, 1.54) is 12.8 Å². The Morgan fingerprint density at radius 2 is 2.18 bits per heavy atom. The van der Waals surface area contributed by atoms with Gasteiger partial charge in [0.05, 0.1) is 13.2 Å². The van der Waals surface area contributed by atoms with Crippen LogP contribution in [0.25, 0.3) is 0 Å². The number of ether oxygens (including phenoxy) is 1. The molecule has 1 atom stereocenters. The number of amides is 2. The molecule has 0 bridgehead atoms. The molecule has 1 heterocycles. The highest BCUT2D eigenvalue weighted by atomic mass is 16.5. The van der Waals surface area contributed by atoms with Gasteiger partial charge in [0, 0.05) is 18.7 Å². The van der Waals surface area contributed by atoms with Crippen molar-refractivity contribution in [3.05, 3.63) is 23.2 Å². The van der Waals surface area contributed by atoms with Crippen LogP contribution in [-0.2, 0) is 10.3 Å². The predicted molar refractivity (Wildman–Crippen MR) is 82.7 cm³/mol. The number of furan rings is 1. The Kier molecular flexibility index (Phi) is 5.47. The second-order valence-electron chi connectivity index (χ2n) is 6.23. The van der Waals surface area contributed by atoms with Gasteiger partial charge in [-0.15, -0.1) is 0 Å². The maximum atomic E-state index is 11.7. The van der Waals surface area contributed by atoms with E-state index in [2.05, 4.69) is 10.6 Å². The summed E-state index contributed by atoms with van der Waals surface area (Å²) in [7, 11) is 0. The number of aryl methyl sites for hydroxylation is 2. The Balaban J connectivity index is 1.66. The number of carbonyl (C=O) groups is 1. The topological polar surface area (TPSA) is 83.7 Å². The summed E-state index contributed by atoms with van der Waals surface area (Å²) < 4.78 is 10.9. The predicted octanol–water partition coefficient (Wildman–Crippen LogP) is 1.83. The number of hydrogen-bond donors (Lipinski definition) is 3. The molecule has 1 aliphatic rings. The first-order valence-corrected chi connectivity index (χ1v) is 7.78. The third-order valence-corrected chi connectivity index (χ3v) is 3.80. The van der Waals surface area contributed by atoms with Gasteiger partial charge < -0.3 is 24.9 Å². The minimum Gasteiger partial charge on any atom is -0.466 e. The SMILES string of the molecule is Cc1cc(C(C)(O)CNC(=O)NCCOCC2CC2)c(C)o1. The molecule has 124 valence electrons. The number of rotatable bonds is 8. The summed E-state index contributed by atoms with van der Waals surface area (Å²) in [5, 5.41) is 15.9. The highest BCUT2D eigenvalue weighted by Crippen LogP contribution is 2.28. The first-order chi connectivity index (χ1) is 10.4. The van der Waals surface area contributed by atoms with Crippen molar-refractivity contribution in [3.63, 3.8) is 0 Å². The number of aliphatic hydroxyl groups is 1. The molecule has 1 saturated carbocycles. The largest absolute Gasteiger partial charge is 0.466 e. The van der Waals surface area contributed by atoms with Gasteiger partial charge in [0.1, 0.15) is 17.1 Å². The van der Waals surface area contributed by atoms with Gasteiger partial charge in [-0.25, -0.2) is 4.79 Å². The van der Waals surface area contributed by atoms with Crippen LogP contribution in [0, 0.1) is 19.8 Å². The van der Waals surface area contributed by atoms with Crippen LogP contribution in [0.5, 0.6) is 0 Å². The van der Waals surface area contributed by atoms with Crippen molar-refractivity contribution in [2.24, 2.45) is 5.92 Å². The monoisotopic (exact) mass is 310 g/mol. The average molecular weight is 310 g/mol. The molecule has 0 radical (unpaired) electrons. The molecule has 2 rings (SSSR count). The lowest BCUT2D eigenvalue weighted by molar-refractivity contribution is 0.0577. The Morgan fingerprint density at radius 1 is 1.45 bits per heavy atom. The molecule has 6 nitrogen and oxygen atoms in total. The molecule has 6 heteroatoms. The van der Waals surface area contributed by atoms with E-state index in [4.69, 9.17) is 9.15 Å². The van der Waals surface area contributed by atoms with Crippen molar-refractivity contribution in [3.8, 4) is 0 Å². The molecule has 1 fully saturated rings. The zero-order chi connectivity index (χ0) is 16.2. The minimum absolute atomic E-state index is 0.113. The molecule has 0 aromatic carbocycles. The molecule has 1 unspecified atom stereocenters. The second kappa shape index (κ2) is 7.15. The molecular weight excluding hydrogens is 284 g/mol. The molecule has 22 heavy (non-hydrogen) atoms. The van der Waals surface area contributed by atoms with E-state index in [1.807, 2.05) is 6.92 Å². The van der Waals surface area contributed by atoms with Gasteiger partial charge in [0.2, 0.25) is 0 Å². The van der Waals surface area contributed by atoms with Gasteiger partial charge >= 0.3 is 6.03 Å². The van der Waals surface area contributed by atoms with Crippen molar-refractivity contribution < 1.29 is 19.1 Å². The molecule has 0 aliphatic heterocycles. The second-order valence-corrected chi connectivity index (χ2v) is 6.23. The van der Waals surface area contributed by atoms with Crippen LogP contribution >= 0.6 is 0 Å². The summed E-state index contributed by atoms with van der Waals surface area (Å²) in [6.45, 7) is 7.16. The van der Waals surface area contributed by atoms with Crippen LogP contribution in [0.3, 0.4) is 0 Å². The Morgan fingerprint density at radius 3 is 2.77 bits per heavy atom. The first kappa shape index (κ1) is 16.8. The maximum Gasteiger partial charge on any atom is 0.314 e. The molecule has 1 aromatic heterocycles. The summed E-state index contributed by atoms with van der Waals surface area (Å²) in [5.74, 6) is 2.13. The van der Waals surface area contributed by atoms with Gasteiger partial charge in [0.25, 0.3) is 0 Å². The molecule has 0 spiro atoms. The average Bonchev–Trinajstić information content (AvgIpc) is 3.20. The summed E-state index contributed by atoms with van der Waals surface area (Å²) in [5.41, 5.74) is -0.472. The normalized spacial score (nSPS) is 17.1. The standard InChI is InChI=1S/C16H26N2O4/c1-11-8-14(12(2)22-11)16(3,20)10-18-15(19)17-6-7-21-9-13-4-5-13/h8,13,20H,4-7,9-10H2,1-3H3,(H2,17,18,19). The summed E-state index contributed by atoms with van der Waals surface area (Å²) >= 11 is 0. The Bertz CT molecular complexity index is 506. The van der Waals surface area contributed by atoms with Crippen LogP contribution < -0.4 is 10.6 Å². The Labute approximate surface area is 131 Å². The first-order valence-electron chi connectivity index (χ1n) is 7.78.